The Morgan fingerprint density at radius 2 is 1.68 bits per heavy atom. The van der Waals surface area contributed by atoms with Gasteiger partial charge in [0.25, 0.3) is 0 Å². The highest BCUT2D eigenvalue weighted by Crippen LogP contribution is 2.42. The van der Waals surface area contributed by atoms with E-state index in [4.69, 9.17) is 37.4 Å². The number of rotatable bonds is 13. The zero-order valence-corrected chi connectivity index (χ0v) is 38.5. The molecule has 0 saturated heterocycles. The van der Waals surface area contributed by atoms with E-state index in [1.807, 2.05) is 61.7 Å². The van der Waals surface area contributed by atoms with Crippen molar-refractivity contribution in [3.05, 3.63) is 140 Å². The zero-order valence-electron chi connectivity index (χ0n) is 37.0. The van der Waals surface area contributed by atoms with E-state index in [-0.39, 0.29) is 18.1 Å². The van der Waals surface area contributed by atoms with Crippen LogP contribution in [0, 0.1) is 19.8 Å². The number of fused-ring (bicyclic) bond motifs is 2. The number of hydrogen-bond donors (Lipinski definition) is 1. The minimum Gasteiger partial charge on any atom is -0.486 e. The van der Waals surface area contributed by atoms with Crippen LogP contribution in [0.3, 0.4) is 0 Å². The van der Waals surface area contributed by atoms with Crippen molar-refractivity contribution in [2.75, 3.05) is 32.1 Å². The zero-order chi connectivity index (χ0) is 44.2. The molecule has 1 N–H and O–H groups in total. The summed E-state index contributed by atoms with van der Waals surface area (Å²) in [7, 11) is 3.48. The van der Waals surface area contributed by atoms with Gasteiger partial charge in [-0.05, 0) is 132 Å². The first-order chi connectivity index (χ1) is 30.5. The first-order valence-corrected chi connectivity index (χ1v) is 23.1. The fourth-order valence-corrected chi connectivity index (χ4v) is 9.85. The minimum absolute atomic E-state index is 0.148. The summed E-state index contributed by atoms with van der Waals surface area (Å²) < 4.78 is 18.6. The molecule has 63 heavy (non-hydrogen) atoms. The quantitative estimate of drug-likeness (QED) is 0.117. The second kappa shape index (κ2) is 19.7. The van der Waals surface area contributed by atoms with E-state index < -0.39 is 18.1 Å². The lowest BCUT2D eigenvalue weighted by atomic mass is 9.90. The van der Waals surface area contributed by atoms with Gasteiger partial charge in [0.15, 0.2) is 0 Å². The summed E-state index contributed by atoms with van der Waals surface area (Å²) in [5.74, 6) is 1.54. The molecular weight excluding hydrogens is 832 g/mol. The molecule has 0 unspecified atom stereocenters. The van der Waals surface area contributed by atoms with Crippen LogP contribution in [0.2, 0.25) is 10.0 Å². The maximum Gasteiger partial charge on any atom is 0.328 e. The molecule has 9 nitrogen and oxygen atoms in total. The highest BCUT2D eigenvalue weighted by atomic mass is 35.5. The maximum absolute atomic E-state index is 14.5. The average Bonchev–Trinajstić information content (AvgIpc) is 3.75. The second-order valence-corrected chi connectivity index (χ2v) is 18.3. The van der Waals surface area contributed by atoms with E-state index in [1.165, 1.54) is 25.5 Å². The molecule has 1 aliphatic carbocycles. The summed E-state index contributed by atoms with van der Waals surface area (Å²) in [5.41, 5.74) is 10.7. The minimum atomic E-state index is -0.826. The van der Waals surface area contributed by atoms with Gasteiger partial charge >= 0.3 is 5.97 Å². The van der Waals surface area contributed by atoms with Crippen molar-refractivity contribution in [1.82, 2.24) is 15.2 Å². The number of nitrogens with zero attached hydrogens (tertiary/aromatic N) is 3. The molecule has 1 saturated carbocycles. The van der Waals surface area contributed by atoms with E-state index in [9.17, 15) is 9.59 Å². The smallest absolute Gasteiger partial charge is 0.328 e. The number of carbonyl (C=O) groups excluding carboxylic acids is 2. The largest absolute Gasteiger partial charge is 0.486 e. The summed E-state index contributed by atoms with van der Waals surface area (Å²) >= 11 is 12.5. The highest BCUT2D eigenvalue weighted by Gasteiger charge is 2.37. The number of carbonyl (C=O) groups is 2. The van der Waals surface area contributed by atoms with Crippen LogP contribution in [0.5, 0.6) is 11.5 Å². The number of aryl methyl sites for hydroxylation is 1. The van der Waals surface area contributed by atoms with Crippen LogP contribution in [0.1, 0.15) is 96.7 Å². The van der Waals surface area contributed by atoms with Crippen molar-refractivity contribution in [3.8, 4) is 22.6 Å². The molecular formula is C52H58Cl2N4O5. The third-order valence-electron chi connectivity index (χ3n) is 13.4. The van der Waals surface area contributed by atoms with Gasteiger partial charge in [-0.15, -0.1) is 0 Å². The summed E-state index contributed by atoms with van der Waals surface area (Å²) in [5, 5.41) is 4.19. The average molecular weight is 890 g/mol. The Kier molecular flexibility index (Phi) is 14.0. The van der Waals surface area contributed by atoms with Crippen molar-refractivity contribution in [2.45, 2.75) is 103 Å². The third-order valence-corrected chi connectivity index (χ3v) is 14.1. The molecule has 0 bridgehead atoms. The maximum atomic E-state index is 14.5. The molecule has 5 aromatic rings. The van der Waals surface area contributed by atoms with Gasteiger partial charge < -0.3 is 24.4 Å². The molecule has 8 rings (SSSR count). The van der Waals surface area contributed by atoms with Crippen molar-refractivity contribution in [1.29, 1.82) is 0 Å². The number of halogens is 2. The number of hydrogen-bond acceptors (Lipinski definition) is 8. The van der Waals surface area contributed by atoms with Crippen molar-refractivity contribution in [2.24, 2.45) is 5.92 Å². The van der Waals surface area contributed by atoms with Gasteiger partial charge in [-0.2, -0.15) is 0 Å². The fourth-order valence-electron chi connectivity index (χ4n) is 9.54. The first-order valence-electron chi connectivity index (χ1n) is 22.4. The Labute approximate surface area is 382 Å². The fraction of sp³-hybridized carbons (Fsp3) is 0.404. The van der Waals surface area contributed by atoms with Gasteiger partial charge in [-0.3, -0.25) is 14.7 Å². The number of esters is 1. The normalized spacial score (nSPS) is 18.7. The molecule has 2 aliphatic heterocycles. The van der Waals surface area contributed by atoms with Crippen LogP contribution in [0.25, 0.3) is 11.1 Å². The summed E-state index contributed by atoms with van der Waals surface area (Å²) in [6.07, 6.45) is 8.72. The third kappa shape index (κ3) is 10.2. The molecule has 1 amide bonds. The van der Waals surface area contributed by atoms with Crippen LogP contribution >= 0.6 is 23.2 Å². The van der Waals surface area contributed by atoms with Crippen LogP contribution in [-0.2, 0) is 33.7 Å². The Balaban J connectivity index is 0.991. The molecule has 4 atom stereocenters. The van der Waals surface area contributed by atoms with Gasteiger partial charge in [0, 0.05) is 51.4 Å². The SMILES string of the molecule is CC[C@@H](Oc1ccc([C@H]2CCN(C)c3cc4c(cc3O2)CN(CC2CCCC2)[C@H](C(=O)N[C@@H](Cc2ccc(-c3ccnc(C)c3C)cc2)C(=O)OC)C4)cc1)c1ccc(Cl)c(Cl)c1. The first kappa shape index (κ1) is 44.5. The van der Waals surface area contributed by atoms with Crippen LogP contribution in [0.15, 0.2) is 91.1 Å². The molecule has 3 heterocycles. The Morgan fingerprint density at radius 1 is 0.921 bits per heavy atom. The summed E-state index contributed by atoms with van der Waals surface area (Å²) in [6, 6.07) is 27.2. The number of ether oxygens (including phenoxy) is 3. The number of pyridine rings is 1. The monoisotopic (exact) mass is 888 g/mol. The number of aromatic nitrogens is 1. The Bertz CT molecular complexity index is 2420. The lowest BCUT2D eigenvalue weighted by molar-refractivity contribution is -0.145. The van der Waals surface area contributed by atoms with Crippen LogP contribution in [0.4, 0.5) is 5.69 Å². The number of anilines is 1. The predicted molar refractivity (Wildman–Crippen MR) is 251 cm³/mol. The van der Waals surface area contributed by atoms with Gasteiger partial charge in [-0.1, -0.05) is 85.4 Å². The molecule has 11 heteroatoms. The second-order valence-electron chi connectivity index (χ2n) is 17.5. The van der Waals surface area contributed by atoms with Crippen molar-refractivity contribution in [3.63, 3.8) is 0 Å². The summed E-state index contributed by atoms with van der Waals surface area (Å²) in [6.45, 7) is 8.42. The van der Waals surface area contributed by atoms with Gasteiger partial charge in [0.05, 0.1) is 28.9 Å². The molecule has 1 aromatic heterocycles. The van der Waals surface area contributed by atoms with Crippen molar-refractivity contribution >= 4 is 40.8 Å². The van der Waals surface area contributed by atoms with Gasteiger partial charge in [0.1, 0.15) is 29.7 Å². The predicted octanol–water partition coefficient (Wildman–Crippen LogP) is 11.0. The topological polar surface area (TPSA) is 93.2 Å². The van der Waals surface area contributed by atoms with Crippen LogP contribution < -0.4 is 19.7 Å². The summed E-state index contributed by atoms with van der Waals surface area (Å²) in [4.78, 5) is 36.8. The van der Waals surface area contributed by atoms with Crippen molar-refractivity contribution < 1.29 is 23.8 Å². The number of benzene rings is 4. The lowest BCUT2D eigenvalue weighted by Gasteiger charge is -2.38. The van der Waals surface area contributed by atoms with Gasteiger partial charge in [0.2, 0.25) is 5.91 Å². The Hall–Kier alpha value is -5.09. The number of amides is 1. The molecule has 330 valence electrons. The van der Waals surface area contributed by atoms with E-state index in [2.05, 4.69) is 77.4 Å². The number of nitrogens with one attached hydrogen (secondary N) is 1. The Morgan fingerprint density at radius 3 is 2.40 bits per heavy atom. The standard InChI is InChI=1S/C52H58Cl2N4O5/c1-6-48(38-17-20-43(53)44(54)26-38)62-41-18-15-37(16-19-41)49-22-24-57(4)46-27-39-28-47(58(30-35-9-7-8-10-35)31-40(39)29-50(46)63-49)51(59)56-45(52(60)61-5)25-34-11-13-36(14-12-34)42-21-23-55-33(3)32(42)2/h11-21,23,26-27,29,35,45,47-49H,6-10,22,24-25,28,30-31H2,1-5H3,(H,56,59)/t45-,47-,48+,49+/m0/s1. The number of methoxy groups -OCH3 is 1. The lowest BCUT2D eigenvalue weighted by Crippen LogP contribution is -2.55. The van der Waals surface area contributed by atoms with E-state index >= 15 is 0 Å². The van der Waals surface area contributed by atoms with E-state index in [0.29, 0.717) is 35.3 Å². The van der Waals surface area contributed by atoms with Gasteiger partial charge in [-0.25, -0.2) is 4.79 Å². The van der Waals surface area contributed by atoms with E-state index in [1.54, 1.807) is 0 Å². The molecule has 0 radical (unpaired) electrons. The molecule has 1 fully saturated rings. The molecule has 0 spiro atoms. The van der Waals surface area contributed by atoms with Crippen LogP contribution in [-0.4, -0.2) is 61.1 Å². The molecule has 4 aromatic carbocycles. The molecule has 3 aliphatic rings. The van der Waals surface area contributed by atoms with E-state index in [0.717, 1.165) is 101 Å². The highest BCUT2D eigenvalue weighted by molar-refractivity contribution is 6.42.